The molecule has 100 valence electrons. The molecule has 0 atom stereocenters. The summed E-state index contributed by atoms with van der Waals surface area (Å²) in [6, 6.07) is 12.3. The molecule has 0 aliphatic heterocycles. The zero-order chi connectivity index (χ0) is 14.3. The van der Waals surface area contributed by atoms with Crippen LogP contribution in [0.1, 0.15) is 11.1 Å². The summed E-state index contributed by atoms with van der Waals surface area (Å²) in [7, 11) is 0. The van der Waals surface area contributed by atoms with Gasteiger partial charge < -0.3 is 11.5 Å². The van der Waals surface area contributed by atoms with Crippen molar-refractivity contribution in [2.24, 2.45) is 0 Å². The van der Waals surface area contributed by atoms with Crippen LogP contribution in [0.25, 0.3) is 22.0 Å². The Kier molecular flexibility index (Phi) is 2.79. The third-order valence-corrected chi connectivity index (χ3v) is 3.52. The first-order valence-corrected chi connectivity index (χ1v) is 6.45. The van der Waals surface area contributed by atoms with Crippen LogP contribution in [0.3, 0.4) is 0 Å². The molecule has 0 saturated carbocycles. The molecule has 0 amide bonds. The number of nitrogen functional groups attached to an aromatic ring is 2. The molecule has 4 N–H and O–H groups in total. The fraction of sp³-hybridized carbons (Fsp3) is 0.125. The summed E-state index contributed by atoms with van der Waals surface area (Å²) in [5, 5.41) is 0.842. The minimum absolute atomic E-state index is 0.203. The molecular weight excluding hydrogens is 248 g/mol. The fourth-order valence-electron chi connectivity index (χ4n) is 2.49. The average molecular weight is 264 g/mol. The minimum Gasteiger partial charge on any atom is -0.383 e. The van der Waals surface area contributed by atoms with Crippen LogP contribution >= 0.6 is 0 Å². The molecule has 0 aliphatic carbocycles. The van der Waals surface area contributed by atoms with E-state index in [9.17, 15) is 0 Å². The number of rotatable bonds is 1. The van der Waals surface area contributed by atoms with Crippen molar-refractivity contribution in [2.75, 3.05) is 11.5 Å². The lowest BCUT2D eigenvalue weighted by molar-refractivity contribution is 1.24. The minimum atomic E-state index is 0.203. The summed E-state index contributed by atoms with van der Waals surface area (Å²) in [5.74, 6) is 0.626. The highest BCUT2D eigenvalue weighted by Crippen LogP contribution is 2.31. The second-order valence-corrected chi connectivity index (χ2v) is 4.97. The molecule has 1 aromatic heterocycles. The van der Waals surface area contributed by atoms with Gasteiger partial charge in [0.1, 0.15) is 5.82 Å². The van der Waals surface area contributed by atoms with Gasteiger partial charge >= 0.3 is 0 Å². The lowest BCUT2D eigenvalue weighted by atomic mass is 9.95. The van der Waals surface area contributed by atoms with Crippen LogP contribution in [0.5, 0.6) is 0 Å². The number of aromatic nitrogens is 2. The van der Waals surface area contributed by atoms with Crippen molar-refractivity contribution >= 4 is 22.7 Å². The maximum absolute atomic E-state index is 5.91. The van der Waals surface area contributed by atoms with E-state index in [2.05, 4.69) is 35.9 Å². The van der Waals surface area contributed by atoms with Gasteiger partial charge in [-0.3, -0.25) is 0 Å². The molecule has 3 aromatic rings. The van der Waals surface area contributed by atoms with Gasteiger partial charge in [0, 0.05) is 5.39 Å². The average Bonchev–Trinajstić information content (AvgIpc) is 2.40. The molecule has 0 unspecified atom stereocenters. The maximum Gasteiger partial charge on any atom is 0.222 e. The summed E-state index contributed by atoms with van der Waals surface area (Å²) >= 11 is 0. The fourth-order valence-corrected chi connectivity index (χ4v) is 2.49. The van der Waals surface area contributed by atoms with Crippen LogP contribution in [-0.2, 0) is 0 Å². The molecule has 4 nitrogen and oxygen atoms in total. The Bertz CT molecular complexity index is 809. The van der Waals surface area contributed by atoms with Crippen LogP contribution in [-0.4, -0.2) is 9.97 Å². The van der Waals surface area contributed by atoms with Crippen molar-refractivity contribution in [3.05, 3.63) is 47.5 Å². The topological polar surface area (TPSA) is 77.8 Å². The van der Waals surface area contributed by atoms with Gasteiger partial charge in [-0.15, -0.1) is 0 Å². The van der Waals surface area contributed by atoms with E-state index in [1.807, 2.05) is 24.3 Å². The molecule has 20 heavy (non-hydrogen) atoms. The number of nitrogens with zero attached hydrogens (tertiary/aromatic N) is 2. The van der Waals surface area contributed by atoms with E-state index in [-0.39, 0.29) is 5.95 Å². The molecule has 0 radical (unpaired) electrons. The first kappa shape index (κ1) is 12.4. The lowest BCUT2D eigenvalue weighted by Gasteiger charge is -2.11. The summed E-state index contributed by atoms with van der Waals surface area (Å²) in [6.45, 7) is 4.17. The van der Waals surface area contributed by atoms with Crippen LogP contribution < -0.4 is 11.5 Å². The lowest BCUT2D eigenvalue weighted by Crippen LogP contribution is -2.01. The Morgan fingerprint density at radius 3 is 2.35 bits per heavy atom. The number of anilines is 2. The molecule has 0 fully saturated rings. The zero-order valence-corrected chi connectivity index (χ0v) is 11.5. The first-order chi connectivity index (χ1) is 9.56. The van der Waals surface area contributed by atoms with Gasteiger partial charge in [-0.05, 0) is 48.2 Å². The molecule has 1 heterocycles. The molecule has 0 spiro atoms. The Labute approximate surface area is 117 Å². The van der Waals surface area contributed by atoms with Crippen molar-refractivity contribution in [3.8, 4) is 11.1 Å². The number of hydrogen-bond donors (Lipinski definition) is 2. The highest BCUT2D eigenvalue weighted by atomic mass is 15.0. The molecule has 0 aliphatic rings. The van der Waals surface area contributed by atoms with E-state index < -0.39 is 0 Å². The smallest absolute Gasteiger partial charge is 0.222 e. The Hall–Kier alpha value is -2.62. The third kappa shape index (κ3) is 1.95. The summed E-state index contributed by atoms with van der Waals surface area (Å²) < 4.78 is 0. The quantitative estimate of drug-likeness (QED) is 0.708. The number of nitrogens with two attached hydrogens (primary N) is 2. The molecule has 0 saturated heterocycles. The highest BCUT2D eigenvalue weighted by Gasteiger charge is 2.10. The van der Waals surface area contributed by atoms with Gasteiger partial charge in [-0.25, -0.2) is 4.98 Å². The van der Waals surface area contributed by atoms with Crippen LogP contribution in [0.4, 0.5) is 11.8 Å². The number of benzene rings is 2. The molecule has 2 aromatic carbocycles. The van der Waals surface area contributed by atoms with E-state index in [1.54, 1.807) is 0 Å². The predicted octanol–water partition coefficient (Wildman–Crippen LogP) is 3.08. The normalized spacial score (nSPS) is 10.9. The summed E-state index contributed by atoms with van der Waals surface area (Å²) in [5.41, 5.74) is 17.1. The Morgan fingerprint density at radius 2 is 1.60 bits per heavy atom. The van der Waals surface area contributed by atoms with Gasteiger partial charge in [0.25, 0.3) is 0 Å². The van der Waals surface area contributed by atoms with Crippen LogP contribution in [0.2, 0.25) is 0 Å². The van der Waals surface area contributed by atoms with Crippen molar-refractivity contribution < 1.29 is 0 Å². The standard InChI is InChI=1S/C16H16N4/c1-9-5-3-4-6-11(9)12-8-14-13(7-10(12)2)15(17)20-16(18)19-14/h3-8H,1-2H3,(H4,17,18,19,20). The number of hydrogen-bond acceptors (Lipinski definition) is 4. The van der Waals surface area contributed by atoms with E-state index in [0.717, 1.165) is 22.0 Å². The van der Waals surface area contributed by atoms with Crippen LogP contribution in [0, 0.1) is 13.8 Å². The summed E-state index contributed by atoms with van der Waals surface area (Å²) in [6.07, 6.45) is 0. The highest BCUT2D eigenvalue weighted by molar-refractivity contribution is 5.93. The first-order valence-electron chi connectivity index (χ1n) is 6.45. The van der Waals surface area contributed by atoms with Crippen molar-refractivity contribution in [2.45, 2.75) is 13.8 Å². The Morgan fingerprint density at radius 1 is 0.850 bits per heavy atom. The van der Waals surface area contributed by atoms with E-state index in [4.69, 9.17) is 11.5 Å². The van der Waals surface area contributed by atoms with Gasteiger partial charge in [-0.2, -0.15) is 4.98 Å². The second-order valence-electron chi connectivity index (χ2n) is 4.97. The third-order valence-electron chi connectivity index (χ3n) is 3.52. The van der Waals surface area contributed by atoms with Crippen molar-refractivity contribution in [1.29, 1.82) is 0 Å². The van der Waals surface area contributed by atoms with Gasteiger partial charge in [-0.1, -0.05) is 24.3 Å². The van der Waals surface area contributed by atoms with E-state index >= 15 is 0 Å². The maximum atomic E-state index is 5.91. The molecule has 0 bridgehead atoms. The molecular formula is C16H16N4. The van der Waals surface area contributed by atoms with Crippen molar-refractivity contribution in [1.82, 2.24) is 9.97 Å². The predicted molar refractivity (Wildman–Crippen MR) is 83.3 cm³/mol. The Balaban J connectivity index is 2.33. The monoisotopic (exact) mass is 264 g/mol. The van der Waals surface area contributed by atoms with Gasteiger partial charge in [0.05, 0.1) is 5.52 Å². The van der Waals surface area contributed by atoms with Gasteiger partial charge in [0.15, 0.2) is 0 Å². The number of fused-ring (bicyclic) bond motifs is 1. The largest absolute Gasteiger partial charge is 0.383 e. The zero-order valence-electron chi connectivity index (χ0n) is 11.5. The SMILES string of the molecule is Cc1ccccc1-c1cc2nc(N)nc(N)c2cc1C. The van der Waals surface area contributed by atoms with Crippen molar-refractivity contribution in [3.63, 3.8) is 0 Å². The summed E-state index contributed by atoms with van der Waals surface area (Å²) in [4.78, 5) is 8.29. The van der Waals surface area contributed by atoms with Gasteiger partial charge in [0.2, 0.25) is 5.95 Å². The number of aryl methyl sites for hydroxylation is 2. The molecule has 4 heteroatoms. The van der Waals surface area contributed by atoms with E-state index in [1.165, 1.54) is 11.1 Å². The van der Waals surface area contributed by atoms with E-state index in [0.29, 0.717) is 5.82 Å². The molecule has 3 rings (SSSR count). The van der Waals surface area contributed by atoms with Crippen LogP contribution in [0.15, 0.2) is 36.4 Å². The second kappa shape index (κ2) is 4.49.